The van der Waals surface area contributed by atoms with E-state index in [-0.39, 0.29) is 0 Å². The number of aryl methyl sites for hydroxylation is 1. The summed E-state index contributed by atoms with van der Waals surface area (Å²) in [5, 5.41) is 6.94. The van der Waals surface area contributed by atoms with Crippen LogP contribution < -0.4 is 15.5 Å². The van der Waals surface area contributed by atoms with Crippen LogP contribution in [0.25, 0.3) is 0 Å². The zero-order chi connectivity index (χ0) is 17.6. The summed E-state index contributed by atoms with van der Waals surface area (Å²) in [6.07, 6.45) is 0.995. The van der Waals surface area contributed by atoms with Crippen LogP contribution in [-0.2, 0) is 4.84 Å². The second-order valence-corrected chi connectivity index (χ2v) is 7.96. The van der Waals surface area contributed by atoms with Gasteiger partial charge in [0.1, 0.15) is 0 Å². The minimum absolute atomic E-state index is 0.462. The second-order valence-electron chi connectivity index (χ2n) is 5.57. The van der Waals surface area contributed by atoms with Crippen molar-refractivity contribution in [1.82, 2.24) is 4.89 Å². The Morgan fingerprint density at radius 1 is 1.08 bits per heavy atom. The molecule has 2 aromatic rings. The molecule has 1 heterocycles. The highest BCUT2D eigenvalue weighted by Crippen LogP contribution is 2.44. The fourth-order valence-corrected chi connectivity index (χ4v) is 4.93. The molecule has 0 fully saturated rings. The first-order valence-corrected chi connectivity index (χ1v) is 10.4. The van der Waals surface area contributed by atoms with Crippen molar-refractivity contribution in [2.75, 3.05) is 23.7 Å². The smallest absolute Gasteiger partial charge is 0.357 e. The van der Waals surface area contributed by atoms with Crippen molar-refractivity contribution in [3.8, 4) is 0 Å². The van der Waals surface area contributed by atoms with Crippen molar-refractivity contribution in [2.45, 2.75) is 23.1 Å². The van der Waals surface area contributed by atoms with Gasteiger partial charge in [0.15, 0.2) is 0 Å². The Balaban J connectivity index is 1.90. The highest BCUT2D eigenvalue weighted by atomic mass is 33.1. The van der Waals surface area contributed by atoms with Gasteiger partial charge in [-0.25, -0.2) is 4.79 Å². The van der Waals surface area contributed by atoms with Gasteiger partial charge in [0.05, 0.1) is 5.56 Å². The average molecular weight is 394 g/mol. The van der Waals surface area contributed by atoms with Crippen LogP contribution in [0, 0.1) is 6.92 Å². The van der Waals surface area contributed by atoms with Crippen molar-refractivity contribution >= 4 is 51.7 Å². The zero-order valence-electron chi connectivity index (χ0n) is 13.7. The normalized spacial score (nSPS) is 14.2. The molecular weight excluding hydrogens is 374 g/mol. The van der Waals surface area contributed by atoms with Gasteiger partial charge in [-0.05, 0) is 49.2 Å². The van der Waals surface area contributed by atoms with E-state index in [9.17, 15) is 4.79 Å². The highest BCUT2D eigenvalue weighted by Gasteiger charge is 2.14. The number of carbonyl (C=O) groups is 1. The van der Waals surface area contributed by atoms with E-state index in [2.05, 4.69) is 53.5 Å². The van der Waals surface area contributed by atoms with Crippen LogP contribution in [0.2, 0.25) is 0 Å². The van der Waals surface area contributed by atoms with Gasteiger partial charge in [0.2, 0.25) is 0 Å². The van der Waals surface area contributed by atoms with Crippen LogP contribution in [0.3, 0.4) is 0 Å². The van der Waals surface area contributed by atoms with Crippen LogP contribution in [0.4, 0.5) is 11.4 Å². The first-order chi connectivity index (χ1) is 12.2. The van der Waals surface area contributed by atoms with E-state index in [0.29, 0.717) is 5.56 Å². The maximum Gasteiger partial charge on any atom is 0.357 e. The minimum Gasteiger partial charge on any atom is -0.384 e. The fourth-order valence-electron chi connectivity index (χ4n) is 2.43. The van der Waals surface area contributed by atoms with E-state index in [1.54, 1.807) is 27.7 Å². The molecule has 8 heteroatoms. The predicted molar refractivity (Wildman–Crippen MR) is 108 cm³/mol. The molecule has 25 heavy (non-hydrogen) atoms. The van der Waals surface area contributed by atoms with E-state index in [4.69, 9.17) is 4.84 Å². The maximum absolute atomic E-state index is 11.9. The van der Waals surface area contributed by atoms with Gasteiger partial charge < -0.3 is 15.5 Å². The summed E-state index contributed by atoms with van der Waals surface area (Å²) in [5.74, 6) is -0.462. The third-order valence-electron chi connectivity index (χ3n) is 3.70. The third kappa shape index (κ3) is 4.78. The summed E-state index contributed by atoms with van der Waals surface area (Å²) in [5.41, 5.74) is 3.86. The summed E-state index contributed by atoms with van der Waals surface area (Å²) in [6, 6.07) is 11.9. The first kappa shape index (κ1) is 18.3. The molecule has 1 aliphatic rings. The average Bonchev–Trinajstić information content (AvgIpc) is 2.65. The zero-order valence-corrected chi connectivity index (χ0v) is 16.2. The Labute approximate surface area is 160 Å². The summed E-state index contributed by atoms with van der Waals surface area (Å²) in [7, 11) is 3.30. The minimum atomic E-state index is -0.462. The molecule has 0 spiro atoms. The van der Waals surface area contributed by atoms with Gasteiger partial charge in [-0.15, -0.1) is 0 Å². The number of rotatable bonds is 2. The monoisotopic (exact) mass is 393 g/mol. The number of anilines is 2. The van der Waals surface area contributed by atoms with Gasteiger partial charge in [0, 0.05) is 34.3 Å². The molecule has 132 valence electrons. The van der Waals surface area contributed by atoms with Crippen LogP contribution in [0.1, 0.15) is 22.3 Å². The van der Waals surface area contributed by atoms with Gasteiger partial charge in [-0.3, -0.25) is 0 Å². The Morgan fingerprint density at radius 2 is 1.72 bits per heavy atom. The van der Waals surface area contributed by atoms with Crippen molar-refractivity contribution < 1.29 is 9.63 Å². The fraction of sp³-hybridized carbons (Fsp3) is 0.235. The van der Waals surface area contributed by atoms with Crippen LogP contribution in [0.15, 0.2) is 46.2 Å². The number of thiol groups is 1. The summed E-state index contributed by atoms with van der Waals surface area (Å²) < 4.78 is 0. The van der Waals surface area contributed by atoms with Crippen molar-refractivity contribution in [3.05, 3.63) is 47.5 Å². The number of benzene rings is 2. The Hall–Kier alpha value is -1.48. The second kappa shape index (κ2) is 8.75. The lowest BCUT2D eigenvalue weighted by Crippen LogP contribution is -2.12. The van der Waals surface area contributed by atoms with E-state index < -0.39 is 5.97 Å². The molecule has 0 atom stereocenters. The van der Waals surface area contributed by atoms with Gasteiger partial charge in [-0.1, -0.05) is 45.4 Å². The lowest BCUT2D eigenvalue weighted by molar-refractivity contribution is 0.0429. The van der Waals surface area contributed by atoms with Gasteiger partial charge in [0.25, 0.3) is 0 Å². The molecule has 0 saturated carbocycles. The van der Waals surface area contributed by atoms with Gasteiger partial charge in [-0.2, -0.15) is 0 Å². The number of nitrogens with one attached hydrogen (secondary N) is 3. The quantitative estimate of drug-likeness (QED) is 0.340. The van der Waals surface area contributed by atoms with E-state index in [1.807, 2.05) is 12.1 Å². The van der Waals surface area contributed by atoms with E-state index >= 15 is 0 Å². The molecule has 5 nitrogen and oxygen atoms in total. The molecule has 3 N–H and O–H groups in total. The third-order valence-corrected chi connectivity index (χ3v) is 6.24. The highest BCUT2D eigenvalue weighted by molar-refractivity contribution is 8.76. The van der Waals surface area contributed by atoms with Crippen LogP contribution in [-0.4, -0.2) is 19.1 Å². The molecule has 0 bridgehead atoms. The van der Waals surface area contributed by atoms with Crippen molar-refractivity contribution in [1.29, 1.82) is 0 Å². The maximum atomic E-state index is 11.9. The number of hydrogen-bond donors (Lipinski definition) is 4. The molecular formula is C17H19N3O2S3. The van der Waals surface area contributed by atoms with Crippen molar-refractivity contribution in [3.63, 3.8) is 0 Å². The van der Waals surface area contributed by atoms with Gasteiger partial charge >= 0.3 is 5.97 Å². The Kier molecular flexibility index (Phi) is 6.41. The standard InChI is InChI=1S/C17H19N3O2S3/c1-11-3-5-13-15(9-11)24-25-16-10-12(17(21)22-20-23)4-6-14(16)19-8-2-7-18-13/h3-6,9-10,18-20,23H,2,7-8H2,1H3. The molecule has 0 aliphatic carbocycles. The first-order valence-electron chi connectivity index (χ1n) is 7.84. The lowest BCUT2D eigenvalue weighted by Gasteiger charge is -2.12. The summed E-state index contributed by atoms with van der Waals surface area (Å²) >= 11 is 3.70. The Bertz CT molecular complexity index is 771. The summed E-state index contributed by atoms with van der Waals surface area (Å²) in [4.78, 5) is 21.0. The molecule has 0 aromatic heterocycles. The molecule has 3 rings (SSSR count). The Morgan fingerprint density at radius 3 is 2.40 bits per heavy atom. The van der Waals surface area contributed by atoms with Crippen LogP contribution in [0.5, 0.6) is 0 Å². The predicted octanol–water partition coefficient (Wildman–Crippen LogP) is 4.53. The van der Waals surface area contributed by atoms with Crippen LogP contribution >= 0.6 is 34.4 Å². The number of carbonyl (C=O) groups excluding carboxylic acids is 1. The number of fused-ring (bicyclic) bond motifs is 2. The molecule has 0 radical (unpaired) electrons. The summed E-state index contributed by atoms with van der Waals surface area (Å²) in [6.45, 7) is 3.85. The largest absolute Gasteiger partial charge is 0.384 e. The SMILES string of the molecule is Cc1ccc2c(c1)SSc1cc(C(=O)ONS)ccc1NCCCN2. The van der Waals surface area contributed by atoms with E-state index in [1.165, 1.54) is 10.5 Å². The molecule has 0 unspecified atom stereocenters. The molecule has 0 saturated heterocycles. The molecule has 1 aliphatic heterocycles. The van der Waals surface area contributed by atoms with E-state index in [0.717, 1.165) is 35.8 Å². The number of hydrogen-bond acceptors (Lipinski definition) is 8. The lowest BCUT2D eigenvalue weighted by atomic mass is 10.2. The molecule has 0 amide bonds. The van der Waals surface area contributed by atoms with Crippen molar-refractivity contribution in [2.24, 2.45) is 0 Å². The topological polar surface area (TPSA) is 62.4 Å². The molecule has 2 aromatic carbocycles.